The lowest BCUT2D eigenvalue weighted by Crippen LogP contribution is -2.39. The molecule has 2 aromatic rings. The van der Waals surface area contributed by atoms with Crippen LogP contribution >= 0.6 is 0 Å². The normalized spacial score (nSPS) is 17.7. The zero-order valence-corrected chi connectivity index (χ0v) is 13.0. The fourth-order valence-corrected chi connectivity index (χ4v) is 4.19. The van der Waals surface area contributed by atoms with Gasteiger partial charge < -0.3 is 15.1 Å². The zero-order valence-electron chi connectivity index (χ0n) is 13.0. The minimum Gasteiger partial charge on any atom is -0.392 e. The van der Waals surface area contributed by atoms with Crippen LogP contribution in [0.5, 0.6) is 0 Å². The van der Waals surface area contributed by atoms with Crippen molar-refractivity contribution in [2.24, 2.45) is 0 Å². The van der Waals surface area contributed by atoms with E-state index >= 15 is 0 Å². The standard InChI is InChI=1S/C19H19NO3/c1-20-17-5-3-2-4-16(17)19(18(20)23)8-12-6-14(10-21)15(11-22)7-13(12)9-19/h2-7,21-22H,8-11H2,1H3. The highest BCUT2D eigenvalue weighted by molar-refractivity contribution is 6.08. The average Bonchev–Trinajstić information content (AvgIpc) is 3.06. The van der Waals surface area contributed by atoms with Crippen molar-refractivity contribution in [2.75, 3.05) is 11.9 Å². The summed E-state index contributed by atoms with van der Waals surface area (Å²) in [7, 11) is 1.83. The Balaban J connectivity index is 1.85. The Morgan fingerprint density at radius 3 is 2.17 bits per heavy atom. The van der Waals surface area contributed by atoms with E-state index in [0.29, 0.717) is 12.8 Å². The summed E-state index contributed by atoms with van der Waals surface area (Å²) in [6.07, 6.45) is 1.31. The van der Waals surface area contributed by atoms with E-state index in [9.17, 15) is 15.0 Å². The van der Waals surface area contributed by atoms with Gasteiger partial charge >= 0.3 is 0 Å². The number of fused-ring (bicyclic) bond motifs is 3. The minimum absolute atomic E-state index is 0.0966. The molecular formula is C19H19NO3. The van der Waals surface area contributed by atoms with Crippen LogP contribution in [0.3, 0.4) is 0 Å². The maximum absolute atomic E-state index is 13.0. The van der Waals surface area contributed by atoms with Crippen molar-refractivity contribution in [1.82, 2.24) is 0 Å². The first-order valence-corrected chi connectivity index (χ1v) is 7.83. The second kappa shape index (κ2) is 4.91. The lowest BCUT2D eigenvalue weighted by Gasteiger charge is -2.22. The molecule has 1 aliphatic carbocycles. The number of aliphatic hydroxyl groups excluding tert-OH is 2. The number of para-hydroxylation sites is 1. The summed E-state index contributed by atoms with van der Waals surface area (Å²) in [5.74, 6) is 0.131. The Morgan fingerprint density at radius 2 is 1.61 bits per heavy atom. The number of hydrogen-bond donors (Lipinski definition) is 2. The number of carbonyl (C=O) groups is 1. The number of nitrogens with zero attached hydrogens (tertiary/aromatic N) is 1. The molecule has 2 aromatic carbocycles. The second-order valence-electron chi connectivity index (χ2n) is 6.52. The second-order valence-corrected chi connectivity index (χ2v) is 6.52. The minimum atomic E-state index is -0.533. The van der Waals surface area contributed by atoms with Crippen LogP contribution in [0.15, 0.2) is 36.4 Å². The number of benzene rings is 2. The molecule has 1 amide bonds. The SMILES string of the molecule is CN1C(=O)C2(Cc3cc(CO)c(CO)cc3C2)c2ccccc21. The molecule has 0 saturated carbocycles. The summed E-state index contributed by atoms with van der Waals surface area (Å²) in [6, 6.07) is 11.9. The molecule has 4 nitrogen and oxygen atoms in total. The Kier molecular flexibility index (Phi) is 3.08. The first kappa shape index (κ1) is 14.4. The van der Waals surface area contributed by atoms with Gasteiger partial charge in [0.25, 0.3) is 0 Å². The smallest absolute Gasteiger partial charge is 0.238 e. The number of carbonyl (C=O) groups excluding carboxylic acids is 1. The number of anilines is 1. The van der Waals surface area contributed by atoms with Crippen molar-refractivity contribution in [3.05, 3.63) is 64.2 Å². The molecule has 2 aliphatic rings. The fourth-order valence-electron chi connectivity index (χ4n) is 4.19. The fraction of sp³-hybridized carbons (Fsp3) is 0.316. The molecule has 4 heteroatoms. The van der Waals surface area contributed by atoms with Crippen LogP contribution in [0, 0.1) is 0 Å². The van der Waals surface area contributed by atoms with Crippen molar-refractivity contribution in [3.8, 4) is 0 Å². The molecule has 0 atom stereocenters. The summed E-state index contributed by atoms with van der Waals surface area (Å²) in [4.78, 5) is 14.7. The summed E-state index contributed by atoms with van der Waals surface area (Å²) < 4.78 is 0. The van der Waals surface area contributed by atoms with Crippen molar-refractivity contribution < 1.29 is 15.0 Å². The molecule has 1 spiro atoms. The third-order valence-electron chi connectivity index (χ3n) is 5.34. The highest BCUT2D eigenvalue weighted by Gasteiger charge is 2.52. The Bertz CT molecular complexity index is 779. The molecule has 0 bridgehead atoms. The van der Waals surface area contributed by atoms with Gasteiger partial charge in [0, 0.05) is 12.7 Å². The number of aliphatic hydroxyl groups is 2. The topological polar surface area (TPSA) is 60.8 Å². The lowest BCUT2D eigenvalue weighted by molar-refractivity contribution is -0.122. The highest BCUT2D eigenvalue weighted by atomic mass is 16.3. The number of hydrogen-bond acceptors (Lipinski definition) is 3. The summed E-state index contributed by atoms with van der Waals surface area (Å²) in [5.41, 5.74) is 5.23. The van der Waals surface area contributed by atoms with Crippen molar-refractivity contribution >= 4 is 11.6 Å². The van der Waals surface area contributed by atoms with Gasteiger partial charge in [-0.3, -0.25) is 4.79 Å². The summed E-state index contributed by atoms with van der Waals surface area (Å²) >= 11 is 0. The van der Waals surface area contributed by atoms with Crippen LogP contribution in [0.25, 0.3) is 0 Å². The van der Waals surface area contributed by atoms with Gasteiger partial charge in [0.15, 0.2) is 0 Å². The Morgan fingerprint density at radius 1 is 1.04 bits per heavy atom. The van der Waals surface area contributed by atoms with Gasteiger partial charge in [-0.15, -0.1) is 0 Å². The Hall–Kier alpha value is -2.17. The van der Waals surface area contributed by atoms with Gasteiger partial charge in [0.2, 0.25) is 5.91 Å². The molecule has 118 valence electrons. The van der Waals surface area contributed by atoms with Gasteiger partial charge in [0.1, 0.15) is 0 Å². The largest absolute Gasteiger partial charge is 0.392 e. The Labute approximate surface area is 135 Å². The zero-order chi connectivity index (χ0) is 16.2. The molecule has 0 radical (unpaired) electrons. The lowest BCUT2D eigenvalue weighted by atomic mass is 9.79. The van der Waals surface area contributed by atoms with Crippen LogP contribution in [0.1, 0.15) is 27.8 Å². The van der Waals surface area contributed by atoms with E-state index < -0.39 is 5.41 Å². The van der Waals surface area contributed by atoms with Gasteiger partial charge in [-0.05, 0) is 46.7 Å². The van der Waals surface area contributed by atoms with Gasteiger partial charge in [0.05, 0.1) is 18.6 Å². The summed E-state index contributed by atoms with van der Waals surface area (Å²) in [6.45, 7) is -0.193. The highest BCUT2D eigenvalue weighted by Crippen LogP contribution is 2.49. The van der Waals surface area contributed by atoms with E-state index in [0.717, 1.165) is 33.5 Å². The summed E-state index contributed by atoms with van der Waals surface area (Å²) in [5, 5.41) is 19.0. The van der Waals surface area contributed by atoms with Crippen LogP contribution in [-0.4, -0.2) is 23.2 Å². The first-order valence-electron chi connectivity index (χ1n) is 7.83. The van der Waals surface area contributed by atoms with Crippen LogP contribution in [-0.2, 0) is 36.3 Å². The van der Waals surface area contributed by atoms with Gasteiger partial charge in [-0.25, -0.2) is 0 Å². The molecule has 23 heavy (non-hydrogen) atoms. The predicted octanol–water partition coefficient (Wildman–Crippen LogP) is 1.68. The van der Waals surface area contributed by atoms with Crippen molar-refractivity contribution in [1.29, 1.82) is 0 Å². The maximum Gasteiger partial charge on any atom is 0.238 e. The number of likely N-dealkylation sites (N-methyl/N-ethyl adjacent to an activating group) is 1. The number of rotatable bonds is 2. The first-order chi connectivity index (χ1) is 11.1. The molecular weight excluding hydrogens is 290 g/mol. The van der Waals surface area contributed by atoms with Crippen molar-refractivity contribution in [3.63, 3.8) is 0 Å². The maximum atomic E-state index is 13.0. The van der Waals surface area contributed by atoms with Crippen LogP contribution in [0.2, 0.25) is 0 Å². The van der Waals surface area contributed by atoms with E-state index in [1.807, 2.05) is 43.4 Å². The molecule has 0 saturated heterocycles. The molecule has 0 unspecified atom stereocenters. The van der Waals surface area contributed by atoms with E-state index in [-0.39, 0.29) is 19.1 Å². The molecule has 2 N–H and O–H groups in total. The molecule has 0 aromatic heterocycles. The molecule has 1 heterocycles. The van der Waals surface area contributed by atoms with E-state index in [2.05, 4.69) is 0 Å². The predicted molar refractivity (Wildman–Crippen MR) is 87.2 cm³/mol. The molecule has 4 rings (SSSR count). The number of amides is 1. The molecule has 0 fully saturated rings. The molecule has 1 aliphatic heterocycles. The van der Waals surface area contributed by atoms with E-state index in [4.69, 9.17) is 0 Å². The van der Waals surface area contributed by atoms with Crippen LogP contribution < -0.4 is 4.90 Å². The third kappa shape index (κ3) is 1.82. The monoisotopic (exact) mass is 309 g/mol. The van der Waals surface area contributed by atoms with Crippen LogP contribution in [0.4, 0.5) is 5.69 Å². The van der Waals surface area contributed by atoms with Gasteiger partial charge in [-0.1, -0.05) is 30.3 Å². The van der Waals surface area contributed by atoms with E-state index in [1.165, 1.54) is 0 Å². The third-order valence-corrected chi connectivity index (χ3v) is 5.34. The van der Waals surface area contributed by atoms with Gasteiger partial charge in [-0.2, -0.15) is 0 Å². The average molecular weight is 309 g/mol. The van der Waals surface area contributed by atoms with Crippen molar-refractivity contribution in [2.45, 2.75) is 31.5 Å². The van der Waals surface area contributed by atoms with E-state index in [1.54, 1.807) is 4.90 Å². The quantitative estimate of drug-likeness (QED) is 0.887.